The summed E-state index contributed by atoms with van der Waals surface area (Å²) in [4.78, 5) is 12.9. The van der Waals surface area contributed by atoms with Crippen molar-refractivity contribution in [2.75, 3.05) is 19.7 Å². The molecule has 0 aliphatic carbocycles. The summed E-state index contributed by atoms with van der Waals surface area (Å²) in [6, 6.07) is 5.24. The van der Waals surface area contributed by atoms with Gasteiger partial charge in [-0.05, 0) is 37.8 Å². The van der Waals surface area contributed by atoms with E-state index >= 15 is 0 Å². The molecule has 5 heteroatoms. The first-order valence-electron chi connectivity index (χ1n) is 6.68. The van der Waals surface area contributed by atoms with E-state index in [1.807, 2.05) is 6.07 Å². The summed E-state index contributed by atoms with van der Waals surface area (Å²) in [7, 11) is 0. The molecule has 1 aromatic carbocycles. The van der Waals surface area contributed by atoms with Gasteiger partial charge in [0.05, 0.1) is 4.92 Å². The number of nitro benzene ring substituents is 1. The number of piperidine rings is 1. The first-order valence-corrected chi connectivity index (χ1v) is 6.68. The Morgan fingerprint density at radius 3 is 3.00 bits per heavy atom. The number of hydrogen-bond donors (Lipinski definition) is 1. The molecule has 0 aromatic heterocycles. The number of aliphatic hydroxyl groups excluding tert-OH is 1. The first kappa shape index (κ1) is 14.0. The lowest BCUT2D eigenvalue weighted by molar-refractivity contribution is -0.385. The van der Waals surface area contributed by atoms with Crippen LogP contribution in [0.15, 0.2) is 18.2 Å². The molecule has 1 N–H and O–H groups in total. The van der Waals surface area contributed by atoms with E-state index in [4.69, 9.17) is 0 Å². The Morgan fingerprint density at radius 1 is 1.53 bits per heavy atom. The number of benzene rings is 1. The van der Waals surface area contributed by atoms with Crippen LogP contribution in [0.25, 0.3) is 0 Å². The molecule has 2 rings (SSSR count). The molecule has 104 valence electrons. The Bertz CT molecular complexity index is 462. The predicted molar refractivity (Wildman–Crippen MR) is 72.9 cm³/mol. The van der Waals surface area contributed by atoms with Crippen LogP contribution < -0.4 is 0 Å². The second kappa shape index (κ2) is 6.12. The average Bonchev–Trinajstić information content (AvgIpc) is 2.41. The first-order chi connectivity index (χ1) is 9.11. The molecular weight excluding hydrogens is 244 g/mol. The molecule has 1 aliphatic heterocycles. The van der Waals surface area contributed by atoms with Crippen LogP contribution in [0.5, 0.6) is 0 Å². The van der Waals surface area contributed by atoms with Crippen LogP contribution in [-0.4, -0.2) is 34.6 Å². The van der Waals surface area contributed by atoms with Crippen molar-refractivity contribution in [3.63, 3.8) is 0 Å². The monoisotopic (exact) mass is 264 g/mol. The summed E-state index contributed by atoms with van der Waals surface area (Å²) >= 11 is 0. The van der Waals surface area contributed by atoms with Crippen LogP contribution in [0.3, 0.4) is 0 Å². The smallest absolute Gasteiger partial charge is 0.272 e. The maximum absolute atomic E-state index is 10.9. The van der Waals surface area contributed by atoms with Crippen LogP contribution >= 0.6 is 0 Å². The summed E-state index contributed by atoms with van der Waals surface area (Å²) < 4.78 is 0. The minimum Gasteiger partial charge on any atom is -0.396 e. The molecule has 0 radical (unpaired) electrons. The zero-order valence-electron chi connectivity index (χ0n) is 11.2. The van der Waals surface area contributed by atoms with Crippen LogP contribution in [0.4, 0.5) is 5.69 Å². The van der Waals surface area contributed by atoms with Crippen molar-refractivity contribution >= 4 is 5.69 Å². The molecule has 0 amide bonds. The largest absolute Gasteiger partial charge is 0.396 e. The summed E-state index contributed by atoms with van der Waals surface area (Å²) in [6.45, 7) is 4.63. The molecule has 1 fully saturated rings. The summed E-state index contributed by atoms with van der Waals surface area (Å²) in [5.41, 5.74) is 1.94. The third-order valence-corrected chi connectivity index (χ3v) is 3.87. The molecule has 0 saturated carbocycles. The van der Waals surface area contributed by atoms with E-state index in [1.165, 1.54) is 0 Å². The molecule has 1 unspecified atom stereocenters. The quantitative estimate of drug-likeness (QED) is 0.668. The highest BCUT2D eigenvalue weighted by molar-refractivity contribution is 5.44. The summed E-state index contributed by atoms with van der Waals surface area (Å²) in [6.07, 6.45) is 2.15. The second-order valence-electron chi connectivity index (χ2n) is 5.24. The Labute approximate surface area is 113 Å². The van der Waals surface area contributed by atoms with Crippen LogP contribution in [0, 0.1) is 23.0 Å². The fourth-order valence-electron chi connectivity index (χ4n) is 2.72. The highest BCUT2D eigenvalue weighted by Gasteiger charge is 2.21. The minimum atomic E-state index is -0.328. The standard InChI is InChI=1S/C14H20N2O3/c1-11-13(5-2-6-14(11)16(18)19)9-15-7-3-4-12(8-15)10-17/h2,5-6,12,17H,3-4,7-10H2,1H3. The maximum atomic E-state index is 10.9. The molecule has 0 bridgehead atoms. The van der Waals surface area contributed by atoms with E-state index in [1.54, 1.807) is 19.1 Å². The lowest BCUT2D eigenvalue weighted by atomic mass is 9.98. The predicted octanol–water partition coefficient (Wildman–Crippen LogP) is 2.11. The fraction of sp³-hybridized carbons (Fsp3) is 0.571. The number of nitro groups is 1. The van der Waals surface area contributed by atoms with Crippen molar-refractivity contribution < 1.29 is 10.0 Å². The van der Waals surface area contributed by atoms with Gasteiger partial charge in [0.2, 0.25) is 0 Å². The zero-order chi connectivity index (χ0) is 13.8. The molecule has 1 aromatic rings. The number of nitrogens with zero attached hydrogens (tertiary/aromatic N) is 2. The van der Waals surface area contributed by atoms with Crippen molar-refractivity contribution in [3.8, 4) is 0 Å². The van der Waals surface area contributed by atoms with Gasteiger partial charge in [-0.1, -0.05) is 12.1 Å². The molecule has 0 spiro atoms. The van der Waals surface area contributed by atoms with Gasteiger partial charge in [0.15, 0.2) is 0 Å². The Balaban J connectivity index is 2.10. The van der Waals surface area contributed by atoms with Gasteiger partial charge in [0.25, 0.3) is 5.69 Å². The van der Waals surface area contributed by atoms with Crippen LogP contribution in [-0.2, 0) is 6.54 Å². The lowest BCUT2D eigenvalue weighted by Gasteiger charge is -2.32. The third-order valence-electron chi connectivity index (χ3n) is 3.87. The minimum absolute atomic E-state index is 0.188. The van der Waals surface area contributed by atoms with E-state index in [9.17, 15) is 15.2 Å². The summed E-state index contributed by atoms with van der Waals surface area (Å²) in [5, 5.41) is 20.2. The van der Waals surface area contributed by atoms with Crippen molar-refractivity contribution in [2.24, 2.45) is 5.92 Å². The van der Waals surface area contributed by atoms with Gasteiger partial charge in [0, 0.05) is 31.3 Å². The Hall–Kier alpha value is -1.46. The summed E-state index contributed by atoms with van der Waals surface area (Å²) in [5.74, 6) is 0.341. The Morgan fingerprint density at radius 2 is 2.32 bits per heavy atom. The zero-order valence-corrected chi connectivity index (χ0v) is 11.2. The number of hydrogen-bond acceptors (Lipinski definition) is 4. The van der Waals surface area contributed by atoms with E-state index < -0.39 is 0 Å². The van der Waals surface area contributed by atoms with Gasteiger partial charge in [-0.25, -0.2) is 0 Å². The van der Waals surface area contributed by atoms with Gasteiger partial charge in [-0.2, -0.15) is 0 Å². The maximum Gasteiger partial charge on any atom is 0.272 e. The van der Waals surface area contributed by atoms with Crippen LogP contribution in [0.2, 0.25) is 0 Å². The van der Waals surface area contributed by atoms with Gasteiger partial charge in [-0.3, -0.25) is 15.0 Å². The van der Waals surface area contributed by atoms with E-state index in [0.29, 0.717) is 5.92 Å². The molecular formula is C14H20N2O3. The highest BCUT2D eigenvalue weighted by atomic mass is 16.6. The van der Waals surface area contributed by atoms with Crippen molar-refractivity contribution in [1.82, 2.24) is 4.90 Å². The number of rotatable bonds is 4. The second-order valence-corrected chi connectivity index (χ2v) is 5.24. The molecule has 1 heterocycles. The topological polar surface area (TPSA) is 66.6 Å². The lowest BCUT2D eigenvalue weighted by Crippen LogP contribution is -2.36. The normalized spacial score (nSPS) is 20.4. The Kier molecular flexibility index (Phi) is 4.50. The molecule has 5 nitrogen and oxygen atoms in total. The average molecular weight is 264 g/mol. The van der Waals surface area contributed by atoms with Crippen molar-refractivity contribution in [3.05, 3.63) is 39.4 Å². The SMILES string of the molecule is Cc1c(CN2CCCC(CO)C2)cccc1[N+](=O)[O-]. The fourth-order valence-corrected chi connectivity index (χ4v) is 2.72. The van der Waals surface area contributed by atoms with Gasteiger partial charge in [-0.15, -0.1) is 0 Å². The third kappa shape index (κ3) is 3.30. The number of likely N-dealkylation sites (tertiary alicyclic amines) is 1. The van der Waals surface area contributed by atoms with E-state index in [2.05, 4.69) is 4.90 Å². The highest BCUT2D eigenvalue weighted by Crippen LogP contribution is 2.24. The number of aliphatic hydroxyl groups is 1. The van der Waals surface area contributed by atoms with Crippen molar-refractivity contribution in [2.45, 2.75) is 26.3 Å². The molecule has 1 atom stereocenters. The van der Waals surface area contributed by atoms with Gasteiger partial charge in [0.1, 0.15) is 0 Å². The molecule has 1 aliphatic rings. The van der Waals surface area contributed by atoms with Gasteiger partial charge < -0.3 is 5.11 Å². The van der Waals surface area contributed by atoms with Crippen molar-refractivity contribution in [1.29, 1.82) is 0 Å². The van der Waals surface area contributed by atoms with E-state index in [0.717, 1.165) is 43.6 Å². The van der Waals surface area contributed by atoms with E-state index in [-0.39, 0.29) is 17.2 Å². The molecule has 1 saturated heterocycles. The van der Waals surface area contributed by atoms with Crippen LogP contribution in [0.1, 0.15) is 24.0 Å². The van der Waals surface area contributed by atoms with Gasteiger partial charge >= 0.3 is 0 Å². The molecule has 19 heavy (non-hydrogen) atoms.